The van der Waals surface area contributed by atoms with E-state index in [0.29, 0.717) is 6.04 Å². The van der Waals surface area contributed by atoms with Crippen LogP contribution in [-0.4, -0.2) is 31.1 Å². The molecule has 1 aromatic carbocycles. The normalized spacial score (nSPS) is 21.1. The van der Waals surface area contributed by atoms with Crippen LogP contribution in [0.25, 0.3) is 0 Å². The zero-order valence-corrected chi connectivity index (χ0v) is 11.5. The monoisotopic (exact) mass is 232 g/mol. The smallest absolute Gasteiger partial charge is 0.0237 e. The molecule has 1 heterocycles. The highest BCUT2D eigenvalue weighted by molar-refractivity contribution is 5.36. The van der Waals surface area contributed by atoms with E-state index in [1.807, 2.05) is 0 Å². The maximum absolute atomic E-state index is 3.37. The number of likely N-dealkylation sites (N-methyl/N-ethyl adjacent to an activating group) is 1. The summed E-state index contributed by atoms with van der Waals surface area (Å²) in [5, 5.41) is 3.37. The van der Waals surface area contributed by atoms with Crippen LogP contribution in [0.4, 0.5) is 0 Å². The molecular weight excluding hydrogens is 208 g/mol. The highest BCUT2D eigenvalue weighted by Gasteiger charge is 2.21. The highest BCUT2D eigenvalue weighted by Crippen LogP contribution is 2.19. The van der Waals surface area contributed by atoms with Gasteiger partial charge in [0.1, 0.15) is 0 Å². The van der Waals surface area contributed by atoms with Gasteiger partial charge in [0.05, 0.1) is 0 Å². The van der Waals surface area contributed by atoms with E-state index in [-0.39, 0.29) is 0 Å². The number of nitrogens with zero attached hydrogens (tertiary/aromatic N) is 1. The van der Waals surface area contributed by atoms with Gasteiger partial charge >= 0.3 is 0 Å². The molecule has 1 aliphatic heterocycles. The SMILES string of the molecule is CNC1CCN(Cc2cc(C)c(C)cc2C)C1. The molecule has 2 rings (SSSR count). The van der Waals surface area contributed by atoms with Crippen LogP contribution in [0.1, 0.15) is 28.7 Å². The topological polar surface area (TPSA) is 15.3 Å². The molecule has 17 heavy (non-hydrogen) atoms. The molecule has 1 aromatic rings. The van der Waals surface area contributed by atoms with Crippen molar-refractivity contribution in [1.82, 2.24) is 10.2 Å². The van der Waals surface area contributed by atoms with Crippen LogP contribution in [0.5, 0.6) is 0 Å². The van der Waals surface area contributed by atoms with Crippen LogP contribution < -0.4 is 5.32 Å². The molecule has 0 radical (unpaired) electrons. The van der Waals surface area contributed by atoms with Crippen LogP contribution in [-0.2, 0) is 6.54 Å². The van der Waals surface area contributed by atoms with Gasteiger partial charge in [-0.3, -0.25) is 4.90 Å². The molecule has 1 saturated heterocycles. The summed E-state index contributed by atoms with van der Waals surface area (Å²) >= 11 is 0. The first-order chi connectivity index (χ1) is 8.10. The summed E-state index contributed by atoms with van der Waals surface area (Å²) in [5.41, 5.74) is 5.74. The first-order valence-corrected chi connectivity index (χ1v) is 6.56. The zero-order valence-electron chi connectivity index (χ0n) is 11.5. The third-order valence-electron chi connectivity index (χ3n) is 4.03. The van der Waals surface area contributed by atoms with Crippen molar-refractivity contribution < 1.29 is 0 Å². The van der Waals surface area contributed by atoms with E-state index in [1.165, 1.54) is 41.8 Å². The molecule has 0 amide bonds. The summed E-state index contributed by atoms with van der Waals surface area (Å²) in [6.07, 6.45) is 1.28. The molecule has 1 unspecified atom stereocenters. The van der Waals surface area contributed by atoms with Gasteiger partial charge in [-0.1, -0.05) is 12.1 Å². The van der Waals surface area contributed by atoms with Gasteiger partial charge in [-0.05, 0) is 56.5 Å². The third kappa shape index (κ3) is 2.88. The molecule has 0 spiro atoms. The fourth-order valence-corrected chi connectivity index (χ4v) is 2.64. The van der Waals surface area contributed by atoms with Gasteiger partial charge in [-0.2, -0.15) is 0 Å². The zero-order chi connectivity index (χ0) is 12.4. The molecule has 0 aliphatic carbocycles. The first-order valence-electron chi connectivity index (χ1n) is 6.56. The Bertz CT molecular complexity index is 398. The van der Waals surface area contributed by atoms with E-state index in [1.54, 1.807) is 0 Å². The van der Waals surface area contributed by atoms with Gasteiger partial charge in [0, 0.05) is 25.7 Å². The maximum Gasteiger partial charge on any atom is 0.0237 e. The van der Waals surface area contributed by atoms with Crippen molar-refractivity contribution in [2.75, 3.05) is 20.1 Å². The van der Waals surface area contributed by atoms with E-state index in [0.717, 1.165) is 6.54 Å². The van der Waals surface area contributed by atoms with Crippen LogP contribution in [0.15, 0.2) is 12.1 Å². The van der Waals surface area contributed by atoms with Gasteiger partial charge in [-0.25, -0.2) is 0 Å². The van der Waals surface area contributed by atoms with Gasteiger partial charge in [0.15, 0.2) is 0 Å². The second kappa shape index (κ2) is 5.19. The van der Waals surface area contributed by atoms with Crippen LogP contribution >= 0.6 is 0 Å². The van der Waals surface area contributed by atoms with E-state index in [2.05, 4.69) is 50.2 Å². The third-order valence-corrected chi connectivity index (χ3v) is 4.03. The van der Waals surface area contributed by atoms with E-state index >= 15 is 0 Å². The van der Waals surface area contributed by atoms with Crippen molar-refractivity contribution in [3.63, 3.8) is 0 Å². The molecular formula is C15H24N2. The lowest BCUT2D eigenvalue weighted by Gasteiger charge is -2.18. The lowest BCUT2D eigenvalue weighted by Crippen LogP contribution is -2.29. The minimum absolute atomic E-state index is 0.682. The standard InChI is InChI=1S/C15H24N2/c1-11-7-13(3)14(8-12(11)2)9-17-6-5-15(10-17)16-4/h7-8,15-16H,5-6,9-10H2,1-4H3. The number of rotatable bonds is 3. The predicted molar refractivity (Wildman–Crippen MR) is 73.4 cm³/mol. The predicted octanol–water partition coefficient (Wildman–Crippen LogP) is 2.41. The Morgan fingerprint density at radius 1 is 1.18 bits per heavy atom. The number of hydrogen-bond acceptors (Lipinski definition) is 2. The average molecular weight is 232 g/mol. The summed E-state index contributed by atoms with van der Waals surface area (Å²) in [5.74, 6) is 0. The van der Waals surface area contributed by atoms with Crippen LogP contribution in [0.2, 0.25) is 0 Å². The molecule has 94 valence electrons. The molecule has 2 heteroatoms. The van der Waals surface area contributed by atoms with E-state index in [9.17, 15) is 0 Å². The minimum atomic E-state index is 0.682. The molecule has 2 nitrogen and oxygen atoms in total. The second-order valence-electron chi connectivity index (χ2n) is 5.37. The largest absolute Gasteiger partial charge is 0.316 e. The lowest BCUT2D eigenvalue weighted by molar-refractivity contribution is 0.321. The Labute approximate surface area is 105 Å². The van der Waals surface area contributed by atoms with E-state index in [4.69, 9.17) is 0 Å². The Balaban J connectivity index is 2.06. The highest BCUT2D eigenvalue weighted by atomic mass is 15.2. The second-order valence-corrected chi connectivity index (χ2v) is 5.37. The fraction of sp³-hybridized carbons (Fsp3) is 0.600. The Kier molecular flexibility index (Phi) is 3.85. The van der Waals surface area contributed by atoms with Gasteiger partial charge < -0.3 is 5.32 Å². The lowest BCUT2D eigenvalue weighted by atomic mass is 10.0. The van der Waals surface area contributed by atoms with Gasteiger partial charge in [0.2, 0.25) is 0 Å². The number of nitrogens with one attached hydrogen (secondary N) is 1. The number of aryl methyl sites for hydroxylation is 3. The molecule has 1 aliphatic rings. The Morgan fingerprint density at radius 3 is 2.53 bits per heavy atom. The van der Waals surface area contributed by atoms with Crippen molar-refractivity contribution in [1.29, 1.82) is 0 Å². The summed E-state index contributed by atoms with van der Waals surface area (Å²) in [4.78, 5) is 2.55. The summed E-state index contributed by atoms with van der Waals surface area (Å²) in [7, 11) is 2.06. The van der Waals surface area contributed by atoms with Crippen LogP contribution in [0, 0.1) is 20.8 Å². The number of benzene rings is 1. The molecule has 0 aromatic heterocycles. The first kappa shape index (κ1) is 12.6. The summed E-state index contributed by atoms with van der Waals surface area (Å²) < 4.78 is 0. The minimum Gasteiger partial charge on any atom is -0.316 e. The van der Waals surface area contributed by atoms with Gasteiger partial charge in [0.25, 0.3) is 0 Å². The van der Waals surface area contributed by atoms with Crippen molar-refractivity contribution in [3.8, 4) is 0 Å². The molecule has 1 N–H and O–H groups in total. The summed E-state index contributed by atoms with van der Waals surface area (Å²) in [6.45, 7) is 10.1. The molecule has 1 atom stereocenters. The quantitative estimate of drug-likeness (QED) is 0.861. The van der Waals surface area contributed by atoms with Crippen LogP contribution in [0.3, 0.4) is 0 Å². The fourth-order valence-electron chi connectivity index (χ4n) is 2.64. The van der Waals surface area contributed by atoms with Gasteiger partial charge in [-0.15, -0.1) is 0 Å². The van der Waals surface area contributed by atoms with Crippen molar-refractivity contribution in [3.05, 3.63) is 34.4 Å². The molecule has 1 fully saturated rings. The number of hydrogen-bond donors (Lipinski definition) is 1. The Morgan fingerprint density at radius 2 is 1.88 bits per heavy atom. The van der Waals surface area contributed by atoms with Crippen molar-refractivity contribution in [2.45, 2.75) is 39.8 Å². The van der Waals surface area contributed by atoms with E-state index < -0.39 is 0 Å². The van der Waals surface area contributed by atoms with Crippen molar-refractivity contribution >= 4 is 0 Å². The van der Waals surface area contributed by atoms with Crippen molar-refractivity contribution in [2.24, 2.45) is 0 Å². The molecule has 0 bridgehead atoms. The molecule has 0 saturated carbocycles. The summed E-state index contributed by atoms with van der Waals surface area (Å²) in [6, 6.07) is 5.36. The maximum atomic E-state index is 3.37. The average Bonchev–Trinajstić information content (AvgIpc) is 2.73. The Hall–Kier alpha value is -0.860. The number of likely N-dealkylation sites (tertiary alicyclic amines) is 1.